The van der Waals surface area contributed by atoms with Gasteiger partial charge in [-0.3, -0.25) is 0 Å². The van der Waals surface area contributed by atoms with Gasteiger partial charge in [-0.25, -0.2) is 18.5 Å². The second kappa shape index (κ2) is 4.82. The molecule has 0 amide bonds. The molecule has 1 aromatic carbocycles. The Labute approximate surface area is 103 Å². The van der Waals surface area contributed by atoms with Crippen molar-refractivity contribution in [1.29, 1.82) is 0 Å². The highest BCUT2D eigenvalue weighted by molar-refractivity contribution is 7.89. The maximum Gasteiger partial charge on any atom is 0.238 e. The van der Waals surface area contributed by atoms with E-state index in [0.29, 0.717) is 12.2 Å². The molecule has 2 aromatic rings. The second-order valence-corrected chi connectivity index (χ2v) is 5.69. The van der Waals surface area contributed by atoms with Crippen molar-refractivity contribution in [2.75, 3.05) is 5.32 Å². The van der Waals surface area contributed by atoms with Gasteiger partial charge in [0.2, 0.25) is 10.0 Å². The second-order valence-electron chi connectivity index (χ2n) is 3.41. The summed E-state index contributed by atoms with van der Waals surface area (Å²) >= 11 is 1.52. The Balaban J connectivity index is 2.12. The van der Waals surface area contributed by atoms with Crippen LogP contribution < -0.4 is 10.5 Å². The monoisotopic (exact) mass is 269 g/mol. The zero-order valence-corrected chi connectivity index (χ0v) is 10.5. The molecule has 0 bridgehead atoms. The molecule has 1 heterocycles. The number of benzene rings is 1. The number of primary sulfonamides is 1. The lowest BCUT2D eigenvalue weighted by molar-refractivity contribution is 0.598. The van der Waals surface area contributed by atoms with Crippen molar-refractivity contribution < 1.29 is 8.42 Å². The minimum atomic E-state index is -3.65. The number of hydrogen-bond donors (Lipinski definition) is 2. The van der Waals surface area contributed by atoms with E-state index in [-0.39, 0.29) is 4.90 Å². The van der Waals surface area contributed by atoms with Crippen LogP contribution in [0.25, 0.3) is 0 Å². The Bertz CT molecular complexity index is 594. The van der Waals surface area contributed by atoms with E-state index in [1.807, 2.05) is 5.38 Å². The Morgan fingerprint density at radius 3 is 2.88 bits per heavy atom. The number of thiazole rings is 1. The van der Waals surface area contributed by atoms with E-state index < -0.39 is 10.0 Å². The molecule has 0 aliphatic heterocycles. The first-order valence-electron chi connectivity index (χ1n) is 4.79. The largest absolute Gasteiger partial charge is 0.379 e. The number of hydrogen-bond acceptors (Lipinski definition) is 5. The minimum absolute atomic E-state index is 0.0979. The van der Waals surface area contributed by atoms with Crippen LogP contribution in [0, 0.1) is 0 Å². The maximum atomic E-state index is 11.2. The van der Waals surface area contributed by atoms with Gasteiger partial charge in [0.05, 0.1) is 22.6 Å². The zero-order chi connectivity index (χ0) is 12.3. The molecule has 17 heavy (non-hydrogen) atoms. The molecule has 0 unspecified atom stereocenters. The fourth-order valence-electron chi connectivity index (χ4n) is 1.30. The Morgan fingerprint density at radius 1 is 1.41 bits per heavy atom. The third kappa shape index (κ3) is 3.26. The number of rotatable bonds is 4. The fraction of sp³-hybridized carbons (Fsp3) is 0.100. The van der Waals surface area contributed by atoms with E-state index in [2.05, 4.69) is 10.3 Å². The molecule has 0 saturated carbocycles. The van der Waals surface area contributed by atoms with E-state index in [4.69, 9.17) is 5.14 Å². The number of anilines is 1. The lowest BCUT2D eigenvalue weighted by atomic mass is 10.3. The first-order chi connectivity index (χ1) is 8.05. The van der Waals surface area contributed by atoms with Gasteiger partial charge in [-0.15, -0.1) is 11.3 Å². The van der Waals surface area contributed by atoms with Gasteiger partial charge in [0.1, 0.15) is 0 Å². The van der Waals surface area contributed by atoms with Gasteiger partial charge < -0.3 is 5.32 Å². The SMILES string of the molecule is NS(=O)(=O)c1cccc(NCc2cscn2)c1. The third-order valence-electron chi connectivity index (χ3n) is 2.12. The van der Waals surface area contributed by atoms with Crippen LogP contribution in [-0.2, 0) is 16.6 Å². The molecular formula is C10H11N3O2S2. The van der Waals surface area contributed by atoms with Crippen molar-refractivity contribution in [2.24, 2.45) is 5.14 Å². The number of aromatic nitrogens is 1. The smallest absolute Gasteiger partial charge is 0.238 e. The van der Waals surface area contributed by atoms with Crippen molar-refractivity contribution in [3.8, 4) is 0 Å². The number of nitrogens with one attached hydrogen (secondary N) is 1. The van der Waals surface area contributed by atoms with Gasteiger partial charge >= 0.3 is 0 Å². The van der Waals surface area contributed by atoms with Crippen LogP contribution in [0.3, 0.4) is 0 Å². The van der Waals surface area contributed by atoms with Crippen LogP contribution in [-0.4, -0.2) is 13.4 Å². The van der Waals surface area contributed by atoms with Crippen LogP contribution >= 0.6 is 11.3 Å². The van der Waals surface area contributed by atoms with Crippen LogP contribution in [0.2, 0.25) is 0 Å². The van der Waals surface area contributed by atoms with Crippen LogP contribution in [0.15, 0.2) is 40.1 Å². The molecule has 0 aliphatic rings. The normalized spacial score (nSPS) is 11.4. The Hall–Kier alpha value is -1.44. The Kier molecular flexibility index (Phi) is 3.41. The van der Waals surface area contributed by atoms with Crippen LogP contribution in [0.1, 0.15) is 5.69 Å². The number of sulfonamides is 1. The molecule has 0 saturated heterocycles. The molecular weight excluding hydrogens is 258 g/mol. The molecule has 3 N–H and O–H groups in total. The molecule has 0 aliphatic carbocycles. The summed E-state index contributed by atoms with van der Waals surface area (Å²) in [4.78, 5) is 4.21. The van der Waals surface area contributed by atoms with Crippen molar-refractivity contribution >= 4 is 27.0 Å². The van der Waals surface area contributed by atoms with E-state index >= 15 is 0 Å². The Morgan fingerprint density at radius 2 is 2.24 bits per heavy atom. The predicted molar refractivity (Wildman–Crippen MR) is 67.3 cm³/mol. The molecule has 5 nitrogen and oxygen atoms in total. The summed E-state index contributed by atoms with van der Waals surface area (Å²) in [7, 11) is -3.65. The zero-order valence-electron chi connectivity index (χ0n) is 8.83. The summed E-state index contributed by atoms with van der Waals surface area (Å²) in [5, 5.41) is 10.1. The van der Waals surface area contributed by atoms with Crippen molar-refractivity contribution in [2.45, 2.75) is 11.4 Å². The lowest BCUT2D eigenvalue weighted by Gasteiger charge is -2.05. The van der Waals surface area contributed by atoms with E-state index in [1.54, 1.807) is 17.6 Å². The van der Waals surface area contributed by atoms with Crippen molar-refractivity contribution in [3.05, 3.63) is 40.8 Å². The van der Waals surface area contributed by atoms with E-state index in [9.17, 15) is 8.42 Å². The predicted octanol–water partition coefficient (Wildman–Crippen LogP) is 1.40. The molecule has 0 atom stereocenters. The van der Waals surface area contributed by atoms with E-state index in [1.165, 1.54) is 23.5 Å². The van der Waals surface area contributed by atoms with Gasteiger partial charge in [-0.1, -0.05) is 6.07 Å². The van der Waals surface area contributed by atoms with Crippen LogP contribution in [0.5, 0.6) is 0 Å². The van der Waals surface area contributed by atoms with Gasteiger partial charge in [0.15, 0.2) is 0 Å². The summed E-state index contributed by atoms with van der Waals surface area (Å²) in [6.45, 7) is 0.553. The summed E-state index contributed by atoms with van der Waals surface area (Å²) < 4.78 is 22.3. The van der Waals surface area contributed by atoms with Gasteiger partial charge in [0.25, 0.3) is 0 Å². The first kappa shape index (κ1) is 12.0. The van der Waals surface area contributed by atoms with Crippen molar-refractivity contribution in [1.82, 2.24) is 4.98 Å². The molecule has 0 radical (unpaired) electrons. The standard InChI is InChI=1S/C10H11N3O2S2/c11-17(14,15)10-3-1-2-8(4-10)12-5-9-6-16-7-13-9/h1-4,6-7,12H,5H2,(H2,11,14,15). The topological polar surface area (TPSA) is 85.1 Å². The fourth-order valence-corrected chi connectivity index (χ4v) is 2.42. The molecule has 90 valence electrons. The average molecular weight is 269 g/mol. The summed E-state index contributed by atoms with van der Waals surface area (Å²) in [6.07, 6.45) is 0. The van der Waals surface area contributed by atoms with Gasteiger partial charge in [-0.2, -0.15) is 0 Å². The minimum Gasteiger partial charge on any atom is -0.379 e. The van der Waals surface area contributed by atoms with Crippen molar-refractivity contribution in [3.63, 3.8) is 0 Å². The highest BCUT2D eigenvalue weighted by Gasteiger charge is 2.07. The average Bonchev–Trinajstić information content (AvgIpc) is 2.78. The summed E-state index contributed by atoms with van der Waals surface area (Å²) in [6, 6.07) is 6.38. The number of nitrogens with two attached hydrogens (primary N) is 1. The van der Waals surface area contributed by atoms with Crippen LogP contribution in [0.4, 0.5) is 5.69 Å². The third-order valence-corrected chi connectivity index (χ3v) is 3.67. The lowest BCUT2D eigenvalue weighted by Crippen LogP contribution is -2.12. The molecule has 1 aromatic heterocycles. The van der Waals surface area contributed by atoms with Gasteiger partial charge in [-0.05, 0) is 18.2 Å². The first-order valence-corrected chi connectivity index (χ1v) is 7.28. The molecule has 2 rings (SSSR count). The highest BCUT2D eigenvalue weighted by atomic mass is 32.2. The summed E-state index contributed by atoms with van der Waals surface area (Å²) in [5.74, 6) is 0. The molecule has 7 heteroatoms. The molecule has 0 fully saturated rings. The maximum absolute atomic E-state index is 11.2. The highest BCUT2D eigenvalue weighted by Crippen LogP contribution is 2.15. The molecule has 0 spiro atoms. The van der Waals surface area contributed by atoms with E-state index in [0.717, 1.165) is 5.69 Å². The quantitative estimate of drug-likeness (QED) is 0.878. The summed E-state index contributed by atoms with van der Waals surface area (Å²) in [5.41, 5.74) is 3.36. The van der Waals surface area contributed by atoms with Gasteiger partial charge in [0, 0.05) is 11.1 Å². The number of nitrogens with zero attached hydrogens (tertiary/aromatic N) is 1.